The van der Waals surface area contributed by atoms with Crippen molar-refractivity contribution in [3.05, 3.63) is 48.5 Å². The van der Waals surface area contributed by atoms with Gasteiger partial charge in [0.25, 0.3) is 0 Å². The molecule has 0 unspecified atom stereocenters. The molecule has 8 N–H and O–H groups in total. The van der Waals surface area contributed by atoms with E-state index in [1.807, 2.05) is 0 Å². The molecule has 0 aliphatic carbocycles. The van der Waals surface area contributed by atoms with Crippen molar-refractivity contribution in [2.45, 2.75) is 0 Å². The fraction of sp³-hybridized carbons (Fsp3) is 0. The van der Waals surface area contributed by atoms with Crippen LogP contribution < -0.4 is 33.2 Å². The first-order valence-corrected chi connectivity index (χ1v) is 6.30. The van der Waals surface area contributed by atoms with Crippen molar-refractivity contribution >= 4 is 23.4 Å². The number of hydrogen-bond acceptors (Lipinski definition) is 4. The van der Waals surface area contributed by atoms with Gasteiger partial charge in [-0.15, -0.1) is 0 Å². The summed E-state index contributed by atoms with van der Waals surface area (Å²) in [5.41, 5.74) is 12.7. The molecule has 2 aromatic carbocycles. The summed E-state index contributed by atoms with van der Waals surface area (Å²) in [5.74, 6) is 11.2. The Hall–Kier alpha value is -3.10. The zero-order valence-corrected chi connectivity index (χ0v) is 11.6. The van der Waals surface area contributed by atoms with Crippen LogP contribution in [-0.2, 0) is 0 Å². The summed E-state index contributed by atoms with van der Waals surface area (Å²) in [6.45, 7) is 0. The molecule has 2 aromatic rings. The van der Waals surface area contributed by atoms with Crippen LogP contribution in [0.15, 0.2) is 48.5 Å². The Balaban J connectivity index is 2.41. The van der Waals surface area contributed by atoms with E-state index in [9.17, 15) is 9.59 Å². The lowest BCUT2D eigenvalue weighted by Gasteiger charge is -2.18. The lowest BCUT2D eigenvalue weighted by atomic mass is 10.0. The van der Waals surface area contributed by atoms with Gasteiger partial charge in [-0.1, -0.05) is 30.3 Å². The van der Waals surface area contributed by atoms with Gasteiger partial charge < -0.3 is 11.5 Å². The lowest BCUT2D eigenvalue weighted by molar-refractivity contribution is 0.253. The molecule has 114 valence electrons. The molecular weight excluding hydrogens is 284 g/mol. The summed E-state index contributed by atoms with van der Waals surface area (Å²) >= 11 is 0. The van der Waals surface area contributed by atoms with E-state index >= 15 is 0 Å². The highest BCUT2D eigenvalue weighted by Gasteiger charge is 2.14. The average Bonchev–Trinajstić information content (AvgIpc) is 2.53. The highest BCUT2D eigenvalue weighted by atomic mass is 16.2. The van der Waals surface area contributed by atoms with Crippen molar-refractivity contribution < 1.29 is 9.59 Å². The van der Waals surface area contributed by atoms with Crippen LogP contribution in [0.2, 0.25) is 0 Å². The number of primary amides is 2. The number of amides is 4. The third kappa shape index (κ3) is 2.97. The van der Waals surface area contributed by atoms with Crippen LogP contribution >= 0.6 is 0 Å². The summed E-state index contributed by atoms with van der Waals surface area (Å²) in [7, 11) is 0. The monoisotopic (exact) mass is 300 g/mol. The number of nitrogens with two attached hydrogens (primary N) is 4. The molecule has 8 heteroatoms. The largest absolute Gasteiger partial charge is 0.350 e. The predicted octanol–water partition coefficient (Wildman–Crippen LogP) is 0.871. The van der Waals surface area contributed by atoms with Crippen molar-refractivity contribution in [3.8, 4) is 11.1 Å². The molecule has 4 amide bonds. The van der Waals surface area contributed by atoms with Crippen LogP contribution in [0.25, 0.3) is 11.1 Å². The molecule has 0 aromatic heterocycles. The third-order valence-corrected chi connectivity index (χ3v) is 3.09. The van der Waals surface area contributed by atoms with Gasteiger partial charge in [-0.3, -0.25) is 0 Å². The Kier molecular flexibility index (Phi) is 4.25. The van der Waals surface area contributed by atoms with Gasteiger partial charge >= 0.3 is 12.1 Å². The number of carbonyl (C=O) groups is 2. The number of anilines is 2. The molecule has 0 aliphatic rings. The van der Waals surface area contributed by atoms with Crippen LogP contribution in [0.3, 0.4) is 0 Å². The summed E-state index contributed by atoms with van der Waals surface area (Å²) < 4.78 is 0. The van der Waals surface area contributed by atoms with Gasteiger partial charge in [0, 0.05) is 5.56 Å². The number of hydrazine groups is 2. The molecule has 8 nitrogen and oxygen atoms in total. The molecule has 0 fully saturated rings. The van der Waals surface area contributed by atoms with Crippen LogP contribution in [0.4, 0.5) is 21.0 Å². The zero-order chi connectivity index (χ0) is 16.3. The van der Waals surface area contributed by atoms with Crippen molar-refractivity contribution in [1.29, 1.82) is 0 Å². The molecule has 0 heterocycles. The molecule has 0 atom stereocenters. The highest BCUT2D eigenvalue weighted by Crippen LogP contribution is 2.30. The second-order valence-corrected chi connectivity index (χ2v) is 4.48. The standard InChI is InChI=1S/C14H16N6O2/c15-13(21)19(17)10-7-5-9(6-8-10)11-3-1-2-4-12(11)20(18)14(16)22/h1-8H,17-18H2,(H2,15,21)(H2,16,22). The maximum absolute atomic E-state index is 11.3. The van der Waals surface area contributed by atoms with E-state index < -0.39 is 12.1 Å². The number of para-hydroxylation sites is 1. The zero-order valence-electron chi connectivity index (χ0n) is 11.6. The third-order valence-electron chi connectivity index (χ3n) is 3.09. The van der Waals surface area contributed by atoms with Gasteiger partial charge in [0.05, 0.1) is 11.4 Å². The molecule has 0 radical (unpaired) electrons. The predicted molar refractivity (Wildman–Crippen MR) is 84.4 cm³/mol. The first kappa shape index (κ1) is 15.3. The molecule has 0 bridgehead atoms. The quantitative estimate of drug-likeness (QED) is 0.378. The molecular formula is C14H16N6O2. The van der Waals surface area contributed by atoms with E-state index in [0.717, 1.165) is 15.6 Å². The first-order valence-electron chi connectivity index (χ1n) is 6.30. The fourth-order valence-electron chi connectivity index (χ4n) is 1.98. The summed E-state index contributed by atoms with van der Waals surface area (Å²) in [5, 5.41) is 1.69. The van der Waals surface area contributed by atoms with E-state index in [-0.39, 0.29) is 0 Å². The Morgan fingerprint density at radius 1 is 0.773 bits per heavy atom. The number of rotatable bonds is 3. The minimum absolute atomic E-state index is 0.438. The molecule has 22 heavy (non-hydrogen) atoms. The van der Waals surface area contributed by atoms with Gasteiger partial charge in [0.15, 0.2) is 0 Å². The van der Waals surface area contributed by atoms with Crippen LogP contribution in [0, 0.1) is 0 Å². The second-order valence-electron chi connectivity index (χ2n) is 4.48. The maximum atomic E-state index is 11.3. The summed E-state index contributed by atoms with van der Waals surface area (Å²) in [6, 6.07) is 12.2. The minimum Gasteiger partial charge on any atom is -0.350 e. The molecule has 0 spiro atoms. The van der Waals surface area contributed by atoms with Gasteiger partial charge in [0.2, 0.25) is 0 Å². The van der Waals surface area contributed by atoms with Crippen molar-refractivity contribution in [2.75, 3.05) is 10.0 Å². The van der Waals surface area contributed by atoms with E-state index in [1.54, 1.807) is 48.5 Å². The Labute approximate surface area is 126 Å². The average molecular weight is 300 g/mol. The highest BCUT2D eigenvalue weighted by molar-refractivity contribution is 5.95. The number of hydrogen-bond donors (Lipinski definition) is 4. The molecule has 0 aliphatic heterocycles. The summed E-state index contributed by atoms with van der Waals surface area (Å²) in [4.78, 5) is 22.3. The van der Waals surface area contributed by atoms with E-state index in [4.69, 9.17) is 23.2 Å². The van der Waals surface area contributed by atoms with Crippen LogP contribution in [0.5, 0.6) is 0 Å². The Morgan fingerprint density at radius 2 is 1.32 bits per heavy atom. The van der Waals surface area contributed by atoms with Crippen molar-refractivity contribution in [2.24, 2.45) is 23.2 Å². The van der Waals surface area contributed by atoms with Crippen molar-refractivity contribution in [3.63, 3.8) is 0 Å². The number of benzene rings is 2. The molecule has 0 saturated carbocycles. The number of nitrogens with zero attached hydrogens (tertiary/aromatic N) is 2. The van der Waals surface area contributed by atoms with Gasteiger partial charge in [-0.05, 0) is 23.8 Å². The van der Waals surface area contributed by atoms with E-state index in [0.29, 0.717) is 16.9 Å². The van der Waals surface area contributed by atoms with Gasteiger partial charge in [-0.25, -0.2) is 31.3 Å². The number of carbonyl (C=O) groups excluding carboxylic acids is 2. The van der Waals surface area contributed by atoms with Crippen LogP contribution in [-0.4, -0.2) is 12.1 Å². The normalized spacial score (nSPS) is 10.1. The fourth-order valence-corrected chi connectivity index (χ4v) is 1.98. The first-order chi connectivity index (χ1) is 10.4. The number of urea groups is 2. The Bertz CT molecular complexity index is 701. The van der Waals surface area contributed by atoms with Gasteiger partial charge in [0.1, 0.15) is 0 Å². The SMILES string of the molecule is NC(=O)N(N)c1ccc(-c2ccccc2N(N)C(N)=O)cc1. The molecule has 2 rings (SSSR count). The second kappa shape index (κ2) is 6.12. The van der Waals surface area contributed by atoms with E-state index in [1.165, 1.54) is 0 Å². The smallest absolute Gasteiger partial charge is 0.333 e. The topological polar surface area (TPSA) is 145 Å². The summed E-state index contributed by atoms with van der Waals surface area (Å²) in [6.07, 6.45) is 0. The van der Waals surface area contributed by atoms with Crippen molar-refractivity contribution in [1.82, 2.24) is 0 Å². The van der Waals surface area contributed by atoms with Gasteiger partial charge in [-0.2, -0.15) is 0 Å². The van der Waals surface area contributed by atoms with E-state index in [2.05, 4.69) is 0 Å². The minimum atomic E-state index is -0.772. The molecule has 0 saturated heterocycles. The maximum Gasteiger partial charge on any atom is 0.333 e. The lowest BCUT2D eigenvalue weighted by Crippen LogP contribution is -2.41. The van der Waals surface area contributed by atoms with Crippen LogP contribution in [0.1, 0.15) is 0 Å². The Morgan fingerprint density at radius 3 is 1.86 bits per heavy atom.